The van der Waals surface area contributed by atoms with Gasteiger partial charge in [-0.25, -0.2) is 9.97 Å². The van der Waals surface area contributed by atoms with Gasteiger partial charge in [0.15, 0.2) is 0 Å². The largest absolute Gasteiger partial charge is 0.349 e. The number of rotatable bonds is 5. The summed E-state index contributed by atoms with van der Waals surface area (Å²) in [4.78, 5) is 16.6. The summed E-state index contributed by atoms with van der Waals surface area (Å²) >= 11 is 12.6. The van der Waals surface area contributed by atoms with Crippen LogP contribution in [0.1, 0.15) is 33.6 Å². The fourth-order valence-electron chi connectivity index (χ4n) is 4.80. The van der Waals surface area contributed by atoms with Gasteiger partial charge in [-0.1, -0.05) is 29.3 Å². The van der Waals surface area contributed by atoms with E-state index in [1.807, 2.05) is 47.1 Å². The highest BCUT2D eigenvalue weighted by atomic mass is 35.5. The number of nitrogens with zero attached hydrogens (tertiary/aromatic N) is 5. The number of halogens is 2. The Labute approximate surface area is 210 Å². The lowest BCUT2D eigenvalue weighted by molar-refractivity contribution is 0.137. The van der Waals surface area contributed by atoms with E-state index in [9.17, 15) is 0 Å². The normalized spacial score (nSPS) is 19.1. The third-order valence-corrected chi connectivity index (χ3v) is 7.32. The van der Waals surface area contributed by atoms with Crippen LogP contribution in [0.25, 0.3) is 28.0 Å². The van der Waals surface area contributed by atoms with E-state index in [2.05, 4.69) is 36.0 Å². The van der Waals surface area contributed by atoms with Crippen LogP contribution in [0.4, 0.5) is 5.95 Å². The van der Waals surface area contributed by atoms with Crippen LogP contribution in [0.5, 0.6) is 0 Å². The molecule has 0 amide bonds. The lowest BCUT2D eigenvalue weighted by atomic mass is 9.90. The van der Waals surface area contributed by atoms with E-state index in [0.717, 1.165) is 59.9 Å². The highest BCUT2D eigenvalue weighted by molar-refractivity contribution is 6.42. The van der Waals surface area contributed by atoms with E-state index < -0.39 is 0 Å². The van der Waals surface area contributed by atoms with Gasteiger partial charge >= 0.3 is 0 Å². The zero-order chi connectivity index (χ0) is 23.9. The van der Waals surface area contributed by atoms with Crippen LogP contribution in [0.2, 0.25) is 10.0 Å². The van der Waals surface area contributed by atoms with Gasteiger partial charge in [-0.2, -0.15) is 0 Å². The van der Waals surface area contributed by atoms with Crippen molar-refractivity contribution in [2.45, 2.75) is 45.2 Å². The summed E-state index contributed by atoms with van der Waals surface area (Å²) in [6.45, 7) is 8.88. The monoisotopic (exact) mass is 494 g/mol. The number of likely N-dealkylation sites (tertiary alicyclic amines) is 1. The molecule has 1 aliphatic rings. The smallest absolute Gasteiger partial charge is 0.209 e. The summed E-state index contributed by atoms with van der Waals surface area (Å²) in [6.07, 6.45) is 9.54. The highest BCUT2D eigenvalue weighted by Crippen LogP contribution is 2.38. The maximum Gasteiger partial charge on any atom is 0.209 e. The van der Waals surface area contributed by atoms with Gasteiger partial charge in [0, 0.05) is 42.9 Å². The predicted octanol–water partition coefficient (Wildman–Crippen LogP) is 6.44. The first-order valence-electron chi connectivity index (χ1n) is 11.6. The molecule has 1 atom stereocenters. The van der Waals surface area contributed by atoms with Gasteiger partial charge in [0.25, 0.3) is 0 Å². The first-order chi connectivity index (χ1) is 16.3. The SMILES string of the molecule is CC(C)N1CCC[C@](C)(Nc2nc(-c3ccncc3)c(-c3ccc(Cl)c(Cl)c3)c3nccn23)C1. The zero-order valence-corrected chi connectivity index (χ0v) is 21.1. The molecule has 6 nitrogen and oxygen atoms in total. The Kier molecular flexibility index (Phi) is 6.23. The fraction of sp³-hybridized carbons (Fsp3) is 0.346. The molecule has 1 aromatic carbocycles. The number of piperidine rings is 1. The van der Waals surface area contributed by atoms with Crippen LogP contribution >= 0.6 is 23.2 Å². The number of hydrogen-bond acceptors (Lipinski definition) is 5. The second kappa shape index (κ2) is 9.17. The van der Waals surface area contributed by atoms with E-state index in [1.165, 1.54) is 0 Å². The minimum Gasteiger partial charge on any atom is -0.349 e. The molecule has 0 aliphatic carbocycles. The van der Waals surface area contributed by atoms with Crippen LogP contribution in [-0.4, -0.2) is 48.9 Å². The van der Waals surface area contributed by atoms with Crippen molar-refractivity contribution in [1.82, 2.24) is 24.3 Å². The molecule has 34 heavy (non-hydrogen) atoms. The number of pyridine rings is 1. The molecule has 1 saturated heterocycles. The molecule has 0 bridgehead atoms. The number of nitrogens with one attached hydrogen (secondary N) is 1. The molecule has 176 valence electrons. The van der Waals surface area contributed by atoms with Crippen molar-refractivity contribution in [2.24, 2.45) is 0 Å². The van der Waals surface area contributed by atoms with Crippen molar-refractivity contribution >= 4 is 34.8 Å². The molecule has 5 rings (SSSR count). The van der Waals surface area contributed by atoms with Crippen molar-refractivity contribution in [3.05, 3.63) is 65.2 Å². The number of fused-ring (bicyclic) bond motifs is 1. The lowest BCUT2D eigenvalue weighted by Crippen LogP contribution is -2.53. The molecular weight excluding hydrogens is 467 g/mol. The van der Waals surface area contributed by atoms with E-state index in [0.29, 0.717) is 16.1 Å². The van der Waals surface area contributed by atoms with Gasteiger partial charge in [0.1, 0.15) is 5.65 Å². The van der Waals surface area contributed by atoms with Crippen LogP contribution in [0, 0.1) is 0 Å². The third-order valence-electron chi connectivity index (χ3n) is 6.58. The average molecular weight is 495 g/mol. The quantitative estimate of drug-likeness (QED) is 0.345. The molecule has 1 aliphatic heterocycles. The Balaban J connectivity index is 1.68. The Morgan fingerprint density at radius 3 is 2.56 bits per heavy atom. The average Bonchev–Trinajstić information content (AvgIpc) is 3.31. The molecule has 8 heteroatoms. The fourth-order valence-corrected chi connectivity index (χ4v) is 5.09. The minimum absolute atomic E-state index is 0.104. The van der Waals surface area contributed by atoms with Gasteiger partial charge < -0.3 is 5.32 Å². The van der Waals surface area contributed by atoms with E-state index in [-0.39, 0.29) is 5.54 Å². The van der Waals surface area contributed by atoms with E-state index >= 15 is 0 Å². The summed E-state index contributed by atoms with van der Waals surface area (Å²) in [5.41, 5.74) is 4.30. The molecule has 0 spiro atoms. The first-order valence-corrected chi connectivity index (χ1v) is 12.4. The Morgan fingerprint density at radius 2 is 1.82 bits per heavy atom. The highest BCUT2D eigenvalue weighted by Gasteiger charge is 2.33. The molecule has 0 radical (unpaired) electrons. The van der Waals surface area contributed by atoms with E-state index in [4.69, 9.17) is 33.2 Å². The zero-order valence-electron chi connectivity index (χ0n) is 19.6. The first kappa shape index (κ1) is 23.1. The molecule has 4 aromatic rings. The van der Waals surface area contributed by atoms with Crippen molar-refractivity contribution in [2.75, 3.05) is 18.4 Å². The molecule has 1 N–H and O–H groups in total. The van der Waals surface area contributed by atoms with Crippen molar-refractivity contribution in [1.29, 1.82) is 0 Å². The van der Waals surface area contributed by atoms with E-state index in [1.54, 1.807) is 12.4 Å². The lowest BCUT2D eigenvalue weighted by Gasteiger charge is -2.43. The molecule has 0 saturated carbocycles. The molecule has 3 aromatic heterocycles. The van der Waals surface area contributed by atoms with Crippen molar-refractivity contribution in [3.8, 4) is 22.4 Å². The minimum atomic E-state index is -0.104. The maximum absolute atomic E-state index is 6.40. The number of hydrogen-bond donors (Lipinski definition) is 1. The second-order valence-electron chi connectivity index (χ2n) is 9.50. The molecule has 1 fully saturated rings. The van der Waals surface area contributed by atoms with Crippen molar-refractivity contribution < 1.29 is 0 Å². The summed E-state index contributed by atoms with van der Waals surface area (Å²) in [6, 6.07) is 10.1. The number of imidazole rings is 1. The Bertz CT molecular complexity index is 1320. The van der Waals surface area contributed by atoms with Crippen LogP contribution < -0.4 is 5.32 Å². The maximum atomic E-state index is 6.40. The standard InChI is InChI=1S/C26H28Cl2N6/c1-17(2)33-13-4-9-26(3,16-33)32-25-31-23(18-7-10-29-11-8-18)22(24-30-12-14-34(24)25)19-5-6-20(27)21(28)15-19/h5-8,10-12,14-15,17H,4,9,13,16H2,1-3H3,(H,31,32)/t26-/m0/s1. The number of aromatic nitrogens is 4. The predicted molar refractivity (Wildman–Crippen MR) is 140 cm³/mol. The van der Waals surface area contributed by atoms with Crippen molar-refractivity contribution in [3.63, 3.8) is 0 Å². The van der Waals surface area contributed by atoms with Crippen LogP contribution in [0.15, 0.2) is 55.1 Å². The van der Waals surface area contributed by atoms with Gasteiger partial charge in [-0.15, -0.1) is 0 Å². The summed E-state index contributed by atoms with van der Waals surface area (Å²) < 4.78 is 2.03. The second-order valence-corrected chi connectivity index (χ2v) is 10.3. The third kappa shape index (κ3) is 4.38. The Morgan fingerprint density at radius 1 is 1.03 bits per heavy atom. The summed E-state index contributed by atoms with van der Waals surface area (Å²) in [5, 5.41) is 4.80. The topological polar surface area (TPSA) is 58.3 Å². The van der Waals surface area contributed by atoms with Gasteiger partial charge in [0.2, 0.25) is 5.95 Å². The summed E-state index contributed by atoms with van der Waals surface area (Å²) in [5.74, 6) is 0.774. The Hall–Kier alpha value is -2.67. The number of anilines is 1. The summed E-state index contributed by atoms with van der Waals surface area (Å²) in [7, 11) is 0. The van der Waals surface area contributed by atoms with Crippen LogP contribution in [-0.2, 0) is 0 Å². The molecule has 0 unspecified atom stereocenters. The molecular formula is C26H28Cl2N6. The van der Waals surface area contributed by atoms with Gasteiger partial charge in [0.05, 0.1) is 26.8 Å². The van der Waals surface area contributed by atoms with Crippen LogP contribution in [0.3, 0.4) is 0 Å². The molecule has 4 heterocycles. The number of benzene rings is 1. The van der Waals surface area contributed by atoms with Gasteiger partial charge in [-0.05, 0) is 70.0 Å². The van der Waals surface area contributed by atoms with Gasteiger partial charge in [-0.3, -0.25) is 14.3 Å².